The highest BCUT2D eigenvalue weighted by Gasteiger charge is 2.51. The Morgan fingerprint density at radius 2 is 1.79 bits per heavy atom. The summed E-state index contributed by atoms with van der Waals surface area (Å²) >= 11 is 0. The maximum absolute atomic E-state index is 5.98. The summed E-state index contributed by atoms with van der Waals surface area (Å²) < 4.78 is 17.3. The number of ether oxygens (including phenoxy) is 1. The van der Waals surface area contributed by atoms with Crippen LogP contribution in [0, 0.1) is 0 Å². The highest BCUT2D eigenvalue weighted by molar-refractivity contribution is 6.62. The van der Waals surface area contributed by atoms with Gasteiger partial charge < -0.3 is 14.0 Å². The van der Waals surface area contributed by atoms with E-state index in [1.807, 2.05) is 46.8 Å². The SMILES string of the molecule is CCOCc1ccc(B2OC(C)(C)C(C)(C)O2)cn1. The molecule has 104 valence electrons. The molecule has 1 aromatic heterocycles. The van der Waals surface area contributed by atoms with Gasteiger partial charge in [-0.15, -0.1) is 0 Å². The summed E-state index contributed by atoms with van der Waals surface area (Å²) in [5.74, 6) is 0. The zero-order valence-electron chi connectivity index (χ0n) is 12.4. The quantitative estimate of drug-likeness (QED) is 0.778. The van der Waals surface area contributed by atoms with Crippen LogP contribution in [0.2, 0.25) is 0 Å². The summed E-state index contributed by atoms with van der Waals surface area (Å²) in [4.78, 5) is 4.37. The van der Waals surface area contributed by atoms with Gasteiger partial charge in [-0.05, 0) is 40.7 Å². The fraction of sp³-hybridized carbons (Fsp3) is 0.643. The van der Waals surface area contributed by atoms with E-state index in [1.54, 1.807) is 6.20 Å². The van der Waals surface area contributed by atoms with Crippen LogP contribution in [0.5, 0.6) is 0 Å². The lowest BCUT2D eigenvalue weighted by molar-refractivity contribution is 0.00578. The lowest BCUT2D eigenvalue weighted by Gasteiger charge is -2.32. The molecule has 0 bridgehead atoms. The van der Waals surface area contributed by atoms with Crippen LogP contribution < -0.4 is 5.46 Å². The Morgan fingerprint density at radius 3 is 2.26 bits per heavy atom. The molecule has 0 N–H and O–H groups in total. The van der Waals surface area contributed by atoms with E-state index in [1.165, 1.54) is 0 Å². The number of pyridine rings is 1. The van der Waals surface area contributed by atoms with Crippen molar-refractivity contribution in [3.63, 3.8) is 0 Å². The van der Waals surface area contributed by atoms with Crippen molar-refractivity contribution in [2.45, 2.75) is 52.4 Å². The first-order chi connectivity index (χ1) is 8.86. The van der Waals surface area contributed by atoms with Crippen LogP contribution in [0.15, 0.2) is 18.3 Å². The summed E-state index contributed by atoms with van der Waals surface area (Å²) in [5.41, 5.74) is 1.23. The fourth-order valence-corrected chi connectivity index (χ4v) is 1.85. The molecule has 0 atom stereocenters. The van der Waals surface area contributed by atoms with E-state index in [2.05, 4.69) is 4.98 Å². The van der Waals surface area contributed by atoms with Gasteiger partial charge in [0.25, 0.3) is 0 Å². The molecule has 5 heteroatoms. The van der Waals surface area contributed by atoms with Crippen LogP contribution in [0.3, 0.4) is 0 Å². The van der Waals surface area contributed by atoms with Crippen LogP contribution in [-0.4, -0.2) is 29.9 Å². The lowest BCUT2D eigenvalue weighted by Crippen LogP contribution is -2.41. The Balaban J connectivity index is 2.08. The minimum atomic E-state index is -0.348. The first-order valence-electron chi connectivity index (χ1n) is 6.74. The Labute approximate surface area is 115 Å². The normalized spacial score (nSPS) is 20.8. The first-order valence-corrected chi connectivity index (χ1v) is 6.74. The molecule has 19 heavy (non-hydrogen) atoms. The zero-order chi connectivity index (χ0) is 14.1. The van der Waals surface area contributed by atoms with Crippen molar-refractivity contribution in [1.29, 1.82) is 0 Å². The molecule has 0 unspecified atom stereocenters. The molecule has 0 saturated carbocycles. The second kappa shape index (κ2) is 5.23. The topological polar surface area (TPSA) is 40.6 Å². The summed E-state index contributed by atoms with van der Waals surface area (Å²) in [6, 6.07) is 3.94. The first kappa shape index (κ1) is 14.5. The van der Waals surface area contributed by atoms with Gasteiger partial charge in [-0.25, -0.2) is 0 Å². The van der Waals surface area contributed by atoms with Crippen molar-refractivity contribution in [2.75, 3.05) is 6.61 Å². The molecular weight excluding hydrogens is 241 g/mol. The minimum absolute atomic E-state index is 0.318. The van der Waals surface area contributed by atoms with Crippen molar-refractivity contribution in [3.8, 4) is 0 Å². The largest absolute Gasteiger partial charge is 0.496 e. The van der Waals surface area contributed by atoms with E-state index in [9.17, 15) is 0 Å². The van der Waals surface area contributed by atoms with Crippen LogP contribution in [-0.2, 0) is 20.7 Å². The Morgan fingerprint density at radius 1 is 1.16 bits per heavy atom. The van der Waals surface area contributed by atoms with Gasteiger partial charge in [0.2, 0.25) is 0 Å². The number of hydrogen-bond donors (Lipinski definition) is 0. The van der Waals surface area contributed by atoms with Crippen LogP contribution in [0.1, 0.15) is 40.3 Å². The van der Waals surface area contributed by atoms with Gasteiger partial charge in [0.1, 0.15) is 0 Å². The molecular formula is C14H22BNO3. The second-order valence-corrected chi connectivity index (χ2v) is 5.81. The van der Waals surface area contributed by atoms with Gasteiger partial charge in [0.15, 0.2) is 0 Å². The minimum Gasteiger partial charge on any atom is -0.399 e. The van der Waals surface area contributed by atoms with E-state index in [-0.39, 0.29) is 18.3 Å². The molecule has 1 fully saturated rings. The maximum atomic E-state index is 5.98. The molecule has 1 saturated heterocycles. The molecule has 1 aliphatic heterocycles. The standard InChI is InChI=1S/C14H22BNO3/c1-6-17-10-12-8-7-11(9-16-12)15-18-13(2,3)14(4,5)19-15/h7-9H,6,10H2,1-5H3. The van der Waals surface area contributed by atoms with Crippen molar-refractivity contribution < 1.29 is 14.0 Å². The summed E-state index contributed by atoms with van der Waals surface area (Å²) in [6.07, 6.45) is 1.80. The van der Waals surface area contributed by atoms with E-state index < -0.39 is 0 Å². The van der Waals surface area contributed by atoms with Gasteiger partial charge in [0.05, 0.1) is 23.5 Å². The Hall–Kier alpha value is -0.905. The second-order valence-electron chi connectivity index (χ2n) is 5.81. The molecule has 0 aromatic carbocycles. The highest BCUT2D eigenvalue weighted by Crippen LogP contribution is 2.36. The third-order valence-electron chi connectivity index (χ3n) is 3.83. The van der Waals surface area contributed by atoms with Crippen molar-refractivity contribution in [2.24, 2.45) is 0 Å². The molecule has 2 heterocycles. The zero-order valence-corrected chi connectivity index (χ0v) is 12.4. The fourth-order valence-electron chi connectivity index (χ4n) is 1.85. The van der Waals surface area contributed by atoms with Crippen molar-refractivity contribution >= 4 is 12.6 Å². The van der Waals surface area contributed by atoms with Gasteiger partial charge >= 0.3 is 7.12 Å². The van der Waals surface area contributed by atoms with Crippen LogP contribution in [0.4, 0.5) is 0 Å². The molecule has 1 aromatic rings. The van der Waals surface area contributed by atoms with E-state index >= 15 is 0 Å². The number of nitrogens with zero attached hydrogens (tertiary/aromatic N) is 1. The molecule has 4 nitrogen and oxygen atoms in total. The van der Waals surface area contributed by atoms with Crippen molar-refractivity contribution in [1.82, 2.24) is 4.98 Å². The van der Waals surface area contributed by atoms with E-state index in [0.717, 1.165) is 11.2 Å². The van der Waals surface area contributed by atoms with Gasteiger partial charge in [-0.1, -0.05) is 6.07 Å². The average Bonchev–Trinajstić information content (AvgIpc) is 2.56. The number of rotatable bonds is 4. The number of aromatic nitrogens is 1. The third kappa shape index (κ3) is 2.99. The molecule has 0 radical (unpaired) electrons. The lowest BCUT2D eigenvalue weighted by atomic mass is 9.80. The molecule has 0 spiro atoms. The van der Waals surface area contributed by atoms with Gasteiger partial charge in [0, 0.05) is 18.3 Å². The third-order valence-corrected chi connectivity index (χ3v) is 3.83. The van der Waals surface area contributed by atoms with Crippen molar-refractivity contribution in [3.05, 3.63) is 24.0 Å². The van der Waals surface area contributed by atoms with Crippen LogP contribution in [0.25, 0.3) is 0 Å². The predicted octanol–water partition coefficient (Wildman–Crippen LogP) is 1.92. The van der Waals surface area contributed by atoms with Crippen LogP contribution >= 0.6 is 0 Å². The molecule has 0 amide bonds. The predicted molar refractivity (Wildman–Crippen MR) is 75.3 cm³/mol. The number of hydrogen-bond acceptors (Lipinski definition) is 4. The summed E-state index contributed by atoms with van der Waals surface area (Å²) in [6.45, 7) is 11.4. The van der Waals surface area contributed by atoms with E-state index in [4.69, 9.17) is 14.0 Å². The highest BCUT2D eigenvalue weighted by atomic mass is 16.7. The molecule has 2 rings (SSSR count). The molecule has 0 aliphatic carbocycles. The van der Waals surface area contributed by atoms with Gasteiger partial charge in [-0.2, -0.15) is 0 Å². The average molecular weight is 263 g/mol. The Kier molecular flexibility index (Phi) is 3.99. The monoisotopic (exact) mass is 263 g/mol. The maximum Gasteiger partial charge on any atom is 0.496 e. The summed E-state index contributed by atoms with van der Waals surface area (Å²) in [5, 5.41) is 0. The van der Waals surface area contributed by atoms with E-state index in [0.29, 0.717) is 13.2 Å². The Bertz CT molecular complexity index is 415. The summed E-state index contributed by atoms with van der Waals surface area (Å²) in [7, 11) is -0.348. The molecule has 1 aliphatic rings. The smallest absolute Gasteiger partial charge is 0.399 e. The van der Waals surface area contributed by atoms with Gasteiger partial charge in [-0.3, -0.25) is 4.98 Å².